The van der Waals surface area contributed by atoms with E-state index in [9.17, 15) is 4.79 Å². The van der Waals surface area contributed by atoms with Crippen molar-refractivity contribution in [3.05, 3.63) is 48.3 Å². The summed E-state index contributed by atoms with van der Waals surface area (Å²) in [5.74, 6) is 1.80. The molecule has 3 heterocycles. The minimum absolute atomic E-state index is 0.0274. The Balaban J connectivity index is 1.90. The van der Waals surface area contributed by atoms with Gasteiger partial charge in [0, 0.05) is 6.42 Å². The highest BCUT2D eigenvalue weighted by Gasteiger charge is 2.35. The third kappa shape index (κ3) is 2.38. The lowest BCUT2D eigenvalue weighted by atomic mass is 10.1. The standard InChI is InChI=1S/C14H14N2O3S/c1-20-9-14(17)16-11(13-5-3-7-19-13)8-10(15-16)12-4-2-6-18-12/h2-7,11H,8-9H2,1H3/t11-/m0/s1. The molecular weight excluding hydrogens is 276 g/mol. The Hall–Kier alpha value is -1.95. The molecule has 1 amide bonds. The predicted octanol–water partition coefficient (Wildman–Crippen LogP) is 2.91. The fraction of sp³-hybridized carbons (Fsp3) is 0.286. The van der Waals surface area contributed by atoms with Gasteiger partial charge in [0.05, 0.1) is 18.3 Å². The summed E-state index contributed by atoms with van der Waals surface area (Å²) in [4.78, 5) is 12.2. The summed E-state index contributed by atoms with van der Waals surface area (Å²) >= 11 is 1.48. The van der Waals surface area contributed by atoms with Gasteiger partial charge in [-0.1, -0.05) is 0 Å². The first kappa shape index (κ1) is 13.1. The first-order chi connectivity index (χ1) is 9.79. The number of furan rings is 2. The molecule has 0 N–H and O–H groups in total. The number of hydrogen-bond donors (Lipinski definition) is 0. The molecule has 0 aliphatic carbocycles. The van der Waals surface area contributed by atoms with Crippen molar-refractivity contribution in [2.45, 2.75) is 12.5 Å². The number of hydrazone groups is 1. The number of thioether (sulfide) groups is 1. The molecular formula is C14H14N2O3S. The van der Waals surface area contributed by atoms with Crippen LogP contribution in [0.5, 0.6) is 0 Å². The molecule has 2 aromatic rings. The second-order valence-electron chi connectivity index (χ2n) is 4.43. The van der Waals surface area contributed by atoms with Gasteiger partial charge in [-0.15, -0.1) is 0 Å². The third-order valence-corrected chi connectivity index (χ3v) is 3.65. The second kappa shape index (κ2) is 5.58. The van der Waals surface area contributed by atoms with Crippen LogP contribution in [0.15, 0.2) is 50.7 Å². The zero-order valence-electron chi connectivity index (χ0n) is 11.0. The van der Waals surface area contributed by atoms with Gasteiger partial charge < -0.3 is 8.83 Å². The Morgan fingerprint density at radius 2 is 2.20 bits per heavy atom. The summed E-state index contributed by atoms with van der Waals surface area (Å²) < 4.78 is 10.8. The molecule has 6 heteroatoms. The molecule has 0 saturated heterocycles. The third-order valence-electron chi connectivity index (χ3n) is 3.11. The molecule has 2 aromatic heterocycles. The molecule has 1 aliphatic rings. The summed E-state index contributed by atoms with van der Waals surface area (Å²) in [6.07, 6.45) is 5.71. The van der Waals surface area contributed by atoms with Gasteiger partial charge in [-0.2, -0.15) is 16.9 Å². The average Bonchev–Trinajstić information content (AvgIpc) is 3.19. The van der Waals surface area contributed by atoms with E-state index in [4.69, 9.17) is 8.83 Å². The molecule has 0 spiro atoms. The maximum Gasteiger partial charge on any atom is 0.253 e. The highest BCUT2D eigenvalue weighted by atomic mass is 32.2. The van der Waals surface area contributed by atoms with Crippen LogP contribution in [0, 0.1) is 0 Å². The summed E-state index contributed by atoms with van der Waals surface area (Å²) in [5.41, 5.74) is 0.769. The van der Waals surface area contributed by atoms with E-state index < -0.39 is 0 Å². The fourth-order valence-electron chi connectivity index (χ4n) is 2.22. The van der Waals surface area contributed by atoms with Gasteiger partial charge in [0.15, 0.2) is 0 Å². The van der Waals surface area contributed by atoms with Gasteiger partial charge in [-0.05, 0) is 30.5 Å². The molecule has 5 nitrogen and oxygen atoms in total. The molecule has 0 bridgehead atoms. The molecule has 0 saturated carbocycles. The van der Waals surface area contributed by atoms with Crippen molar-refractivity contribution in [2.24, 2.45) is 5.10 Å². The molecule has 0 aromatic carbocycles. The molecule has 104 valence electrons. The van der Waals surface area contributed by atoms with Crippen LogP contribution in [0.3, 0.4) is 0 Å². The summed E-state index contributed by atoms with van der Waals surface area (Å²) in [6.45, 7) is 0. The van der Waals surface area contributed by atoms with Gasteiger partial charge >= 0.3 is 0 Å². The van der Waals surface area contributed by atoms with E-state index >= 15 is 0 Å². The first-order valence-electron chi connectivity index (χ1n) is 6.25. The Kier molecular flexibility index (Phi) is 3.64. The van der Waals surface area contributed by atoms with Crippen LogP contribution in [0.1, 0.15) is 24.0 Å². The topological polar surface area (TPSA) is 59.0 Å². The lowest BCUT2D eigenvalue weighted by molar-refractivity contribution is -0.130. The van der Waals surface area contributed by atoms with Gasteiger partial charge in [-0.25, -0.2) is 5.01 Å². The Morgan fingerprint density at radius 1 is 1.40 bits per heavy atom. The fourth-order valence-corrected chi connectivity index (χ4v) is 2.60. The number of amides is 1. The summed E-state index contributed by atoms with van der Waals surface area (Å²) in [5, 5.41) is 5.93. The molecule has 3 rings (SSSR count). The lowest BCUT2D eigenvalue weighted by Crippen LogP contribution is -2.28. The Bertz CT molecular complexity index is 604. The van der Waals surface area contributed by atoms with E-state index in [1.54, 1.807) is 12.5 Å². The Morgan fingerprint density at radius 3 is 2.85 bits per heavy atom. The number of rotatable bonds is 4. The van der Waals surface area contributed by atoms with Crippen molar-refractivity contribution in [1.82, 2.24) is 5.01 Å². The van der Waals surface area contributed by atoms with Crippen LogP contribution >= 0.6 is 11.8 Å². The first-order valence-corrected chi connectivity index (χ1v) is 7.64. The van der Waals surface area contributed by atoms with Crippen LogP contribution in [0.2, 0.25) is 0 Å². The van der Waals surface area contributed by atoms with Crippen molar-refractivity contribution in [2.75, 3.05) is 12.0 Å². The van der Waals surface area contributed by atoms with E-state index in [0.717, 1.165) is 11.5 Å². The molecule has 0 unspecified atom stereocenters. The largest absolute Gasteiger partial charge is 0.467 e. The van der Waals surface area contributed by atoms with Crippen molar-refractivity contribution >= 4 is 23.4 Å². The highest BCUT2D eigenvalue weighted by molar-refractivity contribution is 7.99. The molecule has 0 fully saturated rings. The number of carbonyl (C=O) groups excluding carboxylic acids is 1. The van der Waals surface area contributed by atoms with Gasteiger partial charge in [0.2, 0.25) is 0 Å². The summed E-state index contributed by atoms with van der Waals surface area (Å²) in [6, 6.07) is 7.15. The van der Waals surface area contributed by atoms with Crippen LogP contribution in [-0.4, -0.2) is 28.6 Å². The number of hydrogen-bond acceptors (Lipinski definition) is 5. The van der Waals surface area contributed by atoms with E-state index in [0.29, 0.717) is 17.9 Å². The van der Waals surface area contributed by atoms with Crippen LogP contribution in [0.25, 0.3) is 0 Å². The van der Waals surface area contributed by atoms with Crippen molar-refractivity contribution in [1.29, 1.82) is 0 Å². The minimum Gasteiger partial charge on any atom is -0.467 e. The van der Waals surface area contributed by atoms with E-state index in [1.165, 1.54) is 16.8 Å². The number of nitrogens with zero attached hydrogens (tertiary/aromatic N) is 2. The maximum atomic E-state index is 12.2. The second-order valence-corrected chi connectivity index (χ2v) is 5.30. The Labute approximate surface area is 120 Å². The predicted molar refractivity (Wildman–Crippen MR) is 76.5 cm³/mol. The zero-order chi connectivity index (χ0) is 13.9. The molecule has 1 atom stereocenters. The monoisotopic (exact) mass is 290 g/mol. The van der Waals surface area contributed by atoms with Crippen LogP contribution in [-0.2, 0) is 4.79 Å². The minimum atomic E-state index is -0.190. The smallest absolute Gasteiger partial charge is 0.253 e. The van der Waals surface area contributed by atoms with Crippen molar-refractivity contribution in [3.63, 3.8) is 0 Å². The molecule has 20 heavy (non-hydrogen) atoms. The maximum absolute atomic E-state index is 12.2. The average molecular weight is 290 g/mol. The van der Waals surface area contributed by atoms with E-state index in [2.05, 4.69) is 5.10 Å². The van der Waals surface area contributed by atoms with Crippen LogP contribution < -0.4 is 0 Å². The summed E-state index contributed by atoms with van der Waals surface area (Å²) in [7, 11) is 0. The molecule has 0 radical (unpaired) electrons. The van der Waals surface area contributed by atoms with Crippen LogP contribution in [0.4, 0.5) is 0 Å². The number of carbonyl (C=O) groups is 1. The normalized spacial score (nSPS) is 18.4. The van der Waals surface area contributed by atoms with E-state index in [1.807, 2.05) is 30.5 Å². The lowest BCUT2D eigenvalue weighted by Gasteiger charge is -2.19. The van der Waals surface area contributed by atoms with Crippen molar-refractivity contribution in [3.8, 4) is 0 Å². The van der Waals surface area contributed by atoms with Gasteiger partial charge in [-0.3, -0.25) is 4.79 Å². The van der Waals surface area contributed by atoms with Gasteiger partial charge in [0.1, 0.15) is 23.3 Å². The quantitative estimate of drug-likeness (QED) is 0.868. The van der Waals surface area contributed by atoms with Gasteiger partial charge in [0.25, 0.3) is 5.91 Å². The van der Waals surface area contributed by atoms with Crippen molar-refractivity contribution < 1.29 is 13.6 Å². The molecule has 1 aliphatic heterocycles. The highest BCUT2D eigenvalue weighted by Crippen LogP contribution is 2.33. The SMILES string of the molecule is CSCC(=O)N1N=C(c2ccco2)C[C@H]1c1ccco1. The van der Waals surface area contributed by atoms with E-state index in [-0.39, 0.29) is 11.9 Å². The zero-order valence-corrected chi connectivity index (χ0v) is 11.8.